The molecule has 0 saturated heterocycles. The summed E-state index contributed by atoms with van der Waals surface area (Å²) in [6, 6.07) is 25.2. The quantitative estimate of drug-likeness (QED) is 0.256. The van der Waals surface area contributed by atoms with Gasteiger partial charge in [-0.05, 0) is 47.5 Å². The van der Waals surface area contributed by atoms with Crippen molar-refractivity contribution in [3.05, 3.63) is 128 Å². The molecule has 36 heavy (non-hydrogen) atoms. The number of para-hydroxylation sites is 2. The Kier molecular flexibility index (Phi) is 6.78. The largest absolute Gasteiger partial charge is 0.322 e. The molecule has 0 spiro atoms. The SMILES string of the molecule is O=C(Nc1ccc(-c2ccc(NC(=O)c3ccccc3[N+](=O)[O-])cc2)cc1)c1ccccc1[N+](=O)[O-]. The molecule has 4 aromatic rings. The minimum absolute atomic E-state index is 0.0370. The summed E-state index contributed by atoms with van der Waals surface area (Å²) < 4.78 is 0. The Morgan fingerprint density at radius 1 is 0.528 bits per heavy atom. The molecule has 4 rings (SSSR count). The Morgan fingerprint density at radius 2 is 0.861 bits per heavy atom. The summed E-state index contributed by atoms with van der Waals surface area (Å²) in [4.78, 5) is 46.1. The number of hydrogen-bond donors (Lipinski definition) is 2. The van der Waals surface area contributed by atoms with E-state index in [0.717, 1.165) is 11.1 Å². The average Bonchev–Trinajstić information content (AvgIpc) is 2.89. The van der Waals surface area contributed by atoms with Gasteiger partial charge in [0.1, 0.15) is 11.1 Å². The fourth-order valence-electron chi connectivity index (χ4n) is 3.54. The Morgan fingerprint density at radius 3 is 1.19 bits per heavy atom. The van der Waals surface area contributed by atoms with E-state index in [1.54, 1.807) is 60.7 Å². The summed E-state index contributed by atoms with van der Waals surface area (Å²) in [5, 5.41) is 27.6. The summed E-state index contributed by atoms with van der Waals surface area (Å²) in [7, 11) is 0. The number of nitro benzene ring substituents is 2. The highest BCUT2D eigenvalue weighted by Gasteiger charge is 2.20. The average molecular weight is 482 g/mol. The zero-order chi connectivity index (χ0) is 25.7. The van der Waals surface area contributed by atoms with Crippen LogP contribution in [0.15, 0.2) is 97.1 Å². The smallest absolute Gasteiger partial charge is 0.282 e. The van der Waals surface area contributed by atoms with E-state index in [9.17, 15) is 29.8 Å². The molecular weight excluding hydrogens is 464 g/mol. The van der Waals surface area contributed by atoms with Crippen molar-refractivity contribution in [3.8, 4) is 11.1 Å². The van der Waals surface area contributed by atoms with Crippen molar-refractivity contribution in [2.75, 3.05) is 10.6 Å². The van der Waals surface area contributed by atoms with E-state index in [4.69, 9.17) is 0 Å². The van der Waals surface area contributed by atoms with Gasteiger partial charge >= 0.3 is 0 Å². The van der Waals surface area contributed by atoms with Gasteiger partial charge < -0.3 is 10.6 Å². The van der Waals surface area contributed by atoms with Crippen LogP contribution in [-0.2, 0) is 0 Å². The van der Waals surface area contributed by atoms with E-state index in [0.29, 0.717) is 11.4 Å². The first-order valence-electron chi connectivity index (χ1n) is 10.6. The summed E-state index contributed by atoms with van der Waals surface area (Å²) in [6.45, 7) is 0. The maximum absolute atomic E-state index is 12.5. The number of rotatable bonds is 7. The normalized spacial score (nSPS) is 10.3. The number of nitrogens with zero attached hydrogens (tertiary/aromatic N) is 2. The van der Waals surface area contributed by atoms with E-state index in [2.05, 4.69) is 10.6 Å². The van der Waals surface area contributed by atoms with Crippen molar-refractivity contribution >= 4 is 34.6 Å². The van der Waals surface area contributed by atoms with Gasteiger partial charge in [-0.1, -0.05) is 48.5 Å². The molecule has 0 aliphatic heterocycles. The Labute approximate surface area is 204 Å². The molecule has 0 aliphatic carbocycles. The number of amides is 2. The molecule has 0 radical (unpaired) electrons. The lowest BCUT2D eigenvalue weighted by atomic mass is 10.0. The highest BCUT2D eigenvalue weighted by Crippen LogP contribution is 2.25. The third-order valence-corrected chi connectivity index (χ3v) is 5.31. The van der Waals surface area contributed by atoms with Gasteiger partial charge in [0, 0.05) is 23.5 Å². The second-order valence-electron chi connectivity index (χ2n) is 7.61. The zero-order valence-corrected chi connectivity index (χ0v) is 18.6. The van der Waals surface area contributed by atoms with E-state index in [1.807, 2.05) is 0 Å². The number of carbonyl (C=O) groups excluding carboxylic acids is 2. The molecule has 2 amide bonds. The molecular formula is C26H18N4O6. The number of nitro groups is 2. The molecule has 2 N–H and O–H groups in total. The molecule has 10 nitrogen and oxygen atoms in total. The number of carbonyl (C=O) groups is 2. The van der Waals surface area contributed by atoms with E-state index < -0.39 is 21.7 Å². The molecule has 0 atom stereocenters. The van der Waals surface area contributed by atoms with E-state index in [-0.39, 0.29) is 22.5 Å². The van der Waals surface area contributed by atoms with Gasteiger partial charge in [0.25, 0.3) is 23.2 Å². The van der Waals surface area contributed by atoms with Crippen LogP contribution in [0.4, 0.5) is 22.7 Å². The second-order valence-corrected chi connectivity index (χ2v) is 7.61. The standard InChI is InChI=1S/C26H18N4O6/c31-25(21-5-1-3-7-23(21)29(33)34)27-19-13-9-17(10-14-19)18-11-15-20(16-12-18)28-26(32)22-6-2-4-8-24(22)30(35)36/h1-16H,(H,27,31)(H,28,32). The van der Waals surface area contributed by atoms with Crippen LogP contribution in [0.25, 0.3) is 11.1 Å². The predicted octanol–water partition coefficient (Wildman–Crippen LogP) is 5.67. The summed E-state index contributed by atoms with van der Waals surface area (Å²) in [6.07, 6.45) is 0. The van der Waals surface area contributed by atoms with E-state index >= 15 is 0 Å². The van der Waals surface area contributed by atoms with Gasteiger partial charge in [-0.3, -0.25) is 29.8 Å². The van der Waals surface area contributed by atoms with Crippen LogP contribution in [-0.4, -0.2) is 21.7 Å². The molecule has 4 aromatic carbocycles. The first-order chi connectivity index (χ1) is 17.3. The summed E-state index contributed by atoms with van der Waals surface area (Å²) in [5.74, 6) is -1.18. The number of hydrogen-bond acceptors (Lipinski definition) is 6. The molecule has 0 aliphatic rings. The fourth-order valence-corrected chi connectivity index (χ4v) is 3.54. The molecule has 10 heteroatoms. The predicted molar refractivity (Wildman–Crippen MR) is 134 cm³/mol. The van der Waals surface area contributed by atoms with Crippen LogP contribution in [0.5, 0.6) is 0 Å². The summed E-state index contributed by atoms with van der Waals surface area (Å²) >= 11 is 0. The van der Waals surface area contributed by atoms with Crippen LogP contribution < -0.4 is 10.6 Å². The summed E-state index contributed by atoms with van der Waals surface area (Å²) in [5.41, 5.74) is 1.97. The number of anilines is 2. The Balaban J connectivity index is 1.44. The molecule has 0 fully saturated rings. The third kappa shape index (κ3) is 5.23. The minimum Gasteiger partial charge on any atom is -0.322 e. The number of benzene rings is 4. The fraction of sp³-hybridized carbons (Fsp3) is 0. The van der Waals surface area contributed by atoms with Gasteiger partial charge in [-0.15, -0.1) is 0 Å². The van der Waals surface area contributed by atoms with Crippen molar-refractivity contribution in [1.29, 1.82) is 0 Å². The van der Waals surface area contributed by atoms with Gasteiger partial charge in [-0.2, -0.15) is 0 Å². The molecule has 0 bridgehead atoms. The first kappa shape index (κ1) is 23.8. The van der Waals surface area contributed by atoms with Crippen molar-refractivity contribution in [1.82, 2.24) is 0 Å². The first-order valence-corrected chi connectivity index (χ1v) is 10.6. The molecule has 178 valence electrons. The molecule has 0 unspecified atom stereocenters. The lowest BCUT2D eigenvalue weighted by molar-refractivity contribution is -0.385. The zero-order valence-electron chi connectivity index (χ0n) is 18.6. The van der Waals surface area contributed by atoms with Crippen molar-refractivity contribution < 1.29 is 19.4 Å². The van der Waals surface area contributed by atoms with Crippen LogP contribution in [0.3, 0.4) is 0 Å². The minimum atomic E-state index is -0.606. The Hall–Kier alpha value is -5.38. The highest BCUT2D eigenvalue weighted by atomic mass is 16.6. The van der Waals surface area contributed by atoms with Crippen molar-refractivity contribution in [2.24, 2.45) is 0 Å². The monoisotopic (exact) mass is 482 g/mol. The van der Waals surface area contributed by atoms with Gasteiger partial charge in [0.15, 0.2) is 0 Å². The van der Waals surface area contributed by atoms with Crippen LogP contribution >= 0.6 is 0 Å². The van der Waals surface area contributed by atoms with Crippen molar-refractivity contribution in [2.45, 2.75) is 0 Å². The van der Waals surface area contributed by atoms with E-state index in [1.165, 1.54) is 36.4 Å². The molecule has 0 saturated carbocycles. The maximum Gasteiger partial charge on any atom is 0.282 e. The Bertz CT molecular complexity index is 1350. The lowest BCUT2D eigenvalue weighted by Crippen LogP contribution is -2.13. The molecule has 0 aromatic heterocycles. The van der Waals surface area contributed by atoms with Gasteiger partial charge in [-0.25, -0.2) is 0 Å². The highest BCUT2D eigenvalue weighted by molar-refractivity contribution is 6.07. The second kappa shape index (κ2) is 10.3. The van der Waals surface area contributed by atoms with Crippen molar-refractivity contribution in [3.63, 3.8) is 0 Å². The topological polar surface area (TPSA) is 144 Å². The third-order valence-electron chi connectivity index (χ3n) is 5.31. The van der Waals surface area contributed by atoms with Gasteiger partial charge in [0.05, 0.1) is 9.85 Å². The molecule has 0 heterocycles. The maximum atomic E-state index is 12.5. The van der Waals surface area contributed by atoms with Crippen LogP contribution in [0, 0.1) is 20.2 Å². The lowest BCUT2D eigenvalue weighted by Gasteiger charge is -2.09. The number of nitrogens with one attached hydrogen (secondary N) is 2. The van der Waals surface area contributed by atoms with Crippen LogP contribution in [0.2, 0.25) is 0 Å². The van der Waals surface area contributed by atoms with Gasteiger partial charge in [0.2, 0.25) is 0 Å². The van der Waals surface area contributed by atoms with Crippen LogP contribution in [0.1, 0.15) is 20.7 Å².